The Morgan fingerprint density at radius 2 is 1.71 bits per heavy atom. The summed E-state index contributed by atoms with van der Waals surface area (Å²) in [5.41, 5.74) is 4.12. The van der Waals surface area contributed by atoms with Crippen LogP contribution in [0, 0.1) is 6.92 Å². The first-order valence-corrected chi connectivity index (χ1v) is 8.24. The van der Waals surface area contributed by atoms with E-state index in [1.165, 1.54) is 21.6 Å². The second-order valence-electron chi connectivity index (χ2n) is 4.99. The summed E-state index contributed by atoms with van der Waals surface area (Å²) in [6.45, 7) is 4.69. The normalized spacial score (nSPS) is 10.8. The summed E-state index contributed by atoms with van der Waals surface area (Å²) in [6.07, 6.45) is 0. The standard InChI is InChI=1S/C18H23NOS/c1-15-7-3-4-9-17(15)14-21-18-10-6-5-8-16(18)13-19-11-12-20-2/h3-10,19H,11-14H2,1-2H3. The number of methoxy groups -OCH3 is 1. The first-order chi connectivity index (χ1) is 10.3. The van der Waals surface area contributed by atoms with Gasteiger partial charge in [-0.2, -0.15) is 0 Å². The van der Waals surface area contributed by atoms with Gasteiger partial charge in [0.2, 0.25) is 0 Å². The molecule has 0 amide bonds. The van der Waals surface area contributed by atoms with Crippen LogP contribution in [0.3, 0.4) is 0 Å². The molecule has 0 aliphatic heterocycles. The SMILES string of the molecule is COCCNCc1ccccc1SCc1ccccc1C. The Labute approximate surface area is 131 Å². The van der Waals surface area contributed by atoms with Crippen molar-refractivity contribution in [2.45, 2.75) is 24.1 Å². The minimum absolute atomic E-state index is 0.749. The second-order valence-corrected chi connectivity index (χ2v) is 6.01. The molecule has 0 spiro atoms. The third-order valence-electron chi connectivity index (χ3n) is 3.42. The van der Waals surface area contributed by atoms with Crippen LogP contribution in [0.1, 0.15) is 16.7 Å². The number of benzene rings is 2. The number of aryl methyl sites for hydroxylation is 1. The highest BCUT2D eigenvalue weighted by Gasteiger charge is 2.04. The fourth-order valence-corrected chi connectivity index (χ4v) is 3.25. The molecule has 0 fully saturated rings. The van der Waals surface area contributed by atoms with Crippen molar-refractivity contribution < 1.29 is 4.74 Å². The summed E-state index contributed by atoms with van der Waals surface area (Å²) in [7, 11) is 1.73. The number of ether oxygens (including phenoxy) is 1. The van der Waals surface area contributed by atoms with Crippen LogP contribution in [0.5, 0.6) is 0 Å². The molecule has 0 saturated heterocycles. The molecule has 0 aliphatic carbocycles. The lowest BCUT2D eigenvalue weighted by Gasteiger charge is -2.11. The van der Waals surface area contributed by atoms with Gasteiger partial charge in [-0.25, -0.2) is 0 Å². The molecule has 0 saturated carbocycles. The largest absolute Gasteiger partial charge is 0.383 e. The van der Waals surface area contributed by atoms with Crippen molar-refractivity contribution >= 4 is 11.8 Å². The second kappa shape index (κ2) is 8.88. The average Bonchev–Trinajstić information content (AvgIpc) is 2.52. The number of thioether (sulfide) groups is 1. The molecule has 0 radical (unpaired) electrons. The van der Waals surface area contributed by atoms with E-state index in [1.807, 2.05) is 11.8 Å². The zero-order chi connectivity index (χ0) is 14.9. The van der Waals surface area contributed by atoms with E-state index in [0.29, 0.717) is 0 Å². The Kier molecular flexibility index (Phi) is 6.80. The molecule has 21 heavy (non-hydrogen) atoms. The number of hydrogen-bond acceptors (Lipinski definition) is 3. The van der Waals surface area contributed by atoms with E-state index in [9.17, 15) is 0 Å². The summed E-state index contributed by atoms with van der Waals surface area (Å²) in [6, 6.07) is 17.2. The molecule has 1 N–H and O–H groups in total. The van der Waals surface area contributed by atoms with Gasteiger partial charge in [0.1, 0.15) is 0 Å². The van der Waals surface area contributed by atoms with Crippen molar-refractivity contribution in [2.75, 3.05) is 20.3 Å². The van der Waals surface area contributed by atoms with Crippen LogP contribution in [0.25, 0.3) is 0 Å². The van der Waals surface area contributed by atoms with Crippen LogP contribution in [0.2, 0.25) is 0 Å². The molecular formula is C18H23NOS. The van der Waals surface area contributed by atoms with Crippen LogP contribution in [-0.4, -0.2) is 20.3 Å². The Balaban J connectivity index is 1.95. The lowest BCUT2D eigenvalue weighted by Crippen LogP contribution is -2.18. The maximum absolute atomic E-state index is 5.06. The molecule has 2 aromatic carbocycles. The van der Waals surface area contributed by atoms with Crippen molar-refractivity contribution in [1.82, 2.24) is 5.32 Å². The summed E-state index contributed by atoms with van der Waals surface area (Å²) in [5, 5.41) is 3.41. The fraction of sp³-hybridized carbons (Fsp3) is 0.333. The molecule has 112 valence electrons. The fourth-order valence-electron chi connectivity index (χ4n) is 2.12. The first kappa shape index (κ1) is 16.1. The van der Waals surface area contributed by atoms with E-state index in [2.05, 4.69) is 60.8 Å². The quantitative estimate of drug-likeness (QED) is 0.588. The van der Waals surface area contributed by atoms with Crippen LogP contribution in [0.4, 0.5) is 0 Å². The van der Waals surface area contributed by atoms with Gasteiger partial charge in [-0.3, -0.25) is 0 Å². The highest BCUT2D eigenvalue weighted by Crippen LogP contribution is 2.27. The van der Waals surface area contributed by atoms with Gasteiger partial charge in [0.15, 0.2) is 0 Å². The average molecular weight is 301 g/mol. The van der Waals surface area contributed by atoms with Gasteiger partial charge in [-0.15, -0.1) is 11.8 Å². The molecule has 0 bridgehead atoms. The summed E-state index contributed by atoms with van der Waals surface area (Å²) in [5.74, 6) is 1.02. The lowest BCUT2D eigenvalue weighted by atomic mass is 10.1. The highest BCUT2D eigenvalue weighted by atomic mass is 32.2. The molecule has 0 unspecified atom stereocenters. The lowest BCUT2D eigenvalue weighted by molar-refractivity contribution is 0.199. The molecule has 0 heterocycles. The van der Waals surface area contributed by atoms with Crippen molar-refractivity contribution in [3.63, 3.8) is 0 Å². The third-order valence-corrected chi connectivity index (χ3v) is 4.58. The van der Waals surface area contributed by atoms with Gasteiger partial charge in [0.25, 0.3) is 0 Å². The van der Waals surface area contributed by atoms with Crippen molar-refractivity contribution in [2.24, 2.45) is 0 Å². The van der Waals surface area contributed by atoms with Crippen LogP contribution in [0.15, 0.2) is 53.4 Å². The topological polar surface area (TPSA) is 21.3 Å². The Bertz CT molecular complexity index is 556. The number of hydrogen-bond donors (Lipinski definition) is 1. The third kappa shape index (κ3) is 5.20. The monoisotopic (exact) mass is 301 g/mol. The molecule has 2 aromatic rings. The molecule has 0 aliphatic rings. The summed E-state index contributed by atoms with van der Waals surface area (Å²) < 4.78 is 5.06. The maximum Gasteiger partial charge on any atom is 0.0587 e. The molecular weight excluding hydrogens is 278 g/mol. The van der Waals surface area contributed by atoms with Gasteiger partial charge in [-0.1, -0.05) is 42.5 Å². The van der Waals surface area contributed by atoms with E-state index in [1.54, 1.807) is 7.11 Å². The Hall–Kier alpha value is -1.29. The highest BCUT2D eigenvalue weighted by molar-refractivity contribution is 7.98. The summed E-state index contributed by atoms with van der Waals surface area (Å²) in [4.78, 5) is 1.35. The van der Waals surface area contributed by atoms with Gasteiger partial charge >= 0.3 is 0 Å². The van der Waals surface area contributed by atoms with E-state index in [-0.39, 0.29) is 0 Å². The molecule has 0 atom stereocenters. The minimum Gasteiger partial charge on any atom is -0.383 e. The number of nitrogens with one attached hydrogen (secondary N) is 1. The molecule has 0 aromatic heterocycles. The van der Waals surface area contributed by atoms with E-state index >= 15 is 0 Å². The Morgan fingerprint density at radius 1 is 1.00 bits per heavy atom. The Morgan fingerprint density at radius 3 is 2.48 bits per heavy atom. The van der Waals surface area contributed by atoms with Gasteiger partial charge < -0.3 is 10.1 Å². The molecule has 2 nitrogen and oxygen atoms in total. The van der Waals surface area contributed by atoms with E-state index < -0.39 is 0 Å². The predicted octanol–water partition coefficient (Wildman–Crippen LogP) is 4.02. The number of rotatable bonds is 8. The van der Waals surface area contributed by atoms with Crippen LogP contribution in [-0.2, 0) is 17.0 Å². The van der Waals surface area contributed by atoms with Crippen molar-refractivity contribution in [1.29, 1.82) is 0 Å². The van der Waals surface area contributed by atoms with Crippen molar-refractivity contribution in [3.8, 4) is 0 Å². The van der Waals surface area contributed by atoms with E-state index in [4.69, 9.17) is 4.74 Å². The van der Waals surface area contributed by atoms with Crippen molar-refractivity contribution in [3.05, 3.63) is 65.2 Å². The molecule has 3 heteroatoms. The van der Waals surface area contributed by atoms with Gasteiger partial charge in [-0.05, 0) is 29.7 Å². The van der Waals surface area contributed by atoms with Gasteiger partial charge in [0.05, 0.1) is 6.61 Å². The molecule has 2 rings (SSSR count). The predicted molar refractivity (Wildman–Crippen MR) is 90.8 cm³/mol. The first-order valence-electron chi connectivity index (χ1n) is 7.26. The van der Waals surface area contributed by atoms with E-state index in [0.717, 1.165) is 25.4 Å². The zero-order valence-corrected chi connectivity index (χ0v) is 13.6. The van der Waals surface area contributed by atoms with Gasteiger partial charge in [0, 0.05) is 30.8 Å². The van der Waals surface area contributed by atoms with Crippen LogP contribution < -0.4 is 5.32 Å². The summed E-state index contributed by atoms with van der Waals surface area (Å²) >= 11 is 1.91. The maximum atomic E-state index is 5.06. The minimum atomic E-state index is 0.749. The smallest absolute Gasteiger partial charge is 0.0587 e. The van der Waals surface area contributed by atoms with Crippen LogP contribution >= 0.6 is 11.8 Å². The zero-order valence-electron chi connectivity index (χ0n) is 12.8.